The quantitative estimate of drug-likeness (QED) is 0.888. The largest absolute Gasteiger partial charge is 0.494 e. The van der Waals surface area contributed by atoms with E-state index in [0.717, 1.165) is 12.4 Å². The van der Waals surface area contributed by atoms with Crippen molar-refractivity contribution in [3.63, 3.8) is 0 Å². The lowest BCUT2D eigenvalue weighted by Gasteiger charge is -2.35. The van der Waals surface area contributed by atoms with Crippen LogP contribution in [0.15, 0.2) is 24.3 Å². The molecule has 1 heterocycles. The smallest absolute Gasteiger partial charge is 0.119 e. The fourth-order valence-electron chi connectivity index (χ4n) is 2.40. The Hall–Kier alpha value is -0.830. The molecule has 0 aromatic heterocycles. The van der Waals surface area contributed by atoms with E-state index in [4.69, 9.17) is 4.74 Å². The Morgan fingerprint density at radius 2 is 2.06 bits per heavy atom. The summed E-state index contributed by atoms with van der Waals surface area (Å²) in [6.07, 6.45) is 1.24. The van der Waals surface area contributed by atoms with Gasteiger partial charge in [-0.15, -0.1) is 0 Å². The summed E-state index contributed by atoms with van der Waals surface area (Å²) in [5.41, 5.74) is 1.65. The molecule has 0 amide bonds. The van der Waals surface area contributed by atoms with E-state index in [1.54, 1.807) is 0 Å². The second-order valence-corrected chi connectivity index (χ2v) is 6.71. The predicted octanol–water partition coefficient (Wildman–Crippen LogP) is 4.03. The first-order valence-electron chi connectivity index (χ1n) is 6.66. The Bertz CT molecular complexity index is 375. The van der Waals surface area contributed by atoms with Crippen molar-refractivity contribution in [2.45, 2.75) is 33.2 Å². The molecular formula is C15H23NOS. The van der Waals surface area contributed by atoms with Crippen LogP contribution in [0.1, 0.15) is 27.2 Å². The molecule has 1 aromatic rings. The van der Waals surface area contributed by atoms with E-state index in [9.17, 15) is 0 Å². The maximum absolute atomic E-state index is 5.45. The van der Waals surface area contributed by atoms with Gasteiger partial charge in [0.2, 0.25) is 0 Å². The first kappa shape index (κ1) is 13.6. The lowest BCUT2D eigenvalue weighted by Crippen LogP contribution is -2.35. The summed E-state index contributed by atoms with van der Waals surface area (Å²) in [6.45, 7) is 7.44. The predicted molar refractivity (Wildman–Crippen MR) is 80.7 cm³/mol. The average molecular weight is 265 g/mol. The first-order chi connectivity index (χ1) is 8.59. The second-order valence-electron chi connectivity index (χ2n) is 5.68. The maximum Gasteiger partial charge on any atom is 0.119 e. The van der Waals surface area contributed by atoms with Gasteiger partial charge in [-0.05, 0) is 48.8 Å². The van der Waals surface area contributed by atoms with Gasteiger partial charge in [0.1, 0.15) is 5.75 Å². The number of benzene rings is 1. The molecule has 1 fully saturated rings. The third kappa shape index (κ3) is 3.84. The van der Waals surface area contributed by atoms with Crippen molar-refractivity contribution in [3.05, 3.63) is 24.3 Å². The normalized spacial score (nSPS) is 22.5. The molecule has 3 heteroatoms. The summed E-state index contributed by atoms with van der Waals surface area (Å²) in [6, 6.07) is 8.87. The fraction of sp³-hybridized carbons (Fsp3) is 0.600. The van der Waals surface area contributed by atoms with Crippen LogP contribution in [-0.2, 0) is 0 Å². The molecule has 1 saturated heterocycles. The van der Waals surface area contributed by atoms with Crippen LogP contribution in [0.4, 0.5) is 5.69 Å². The number of hydrogen-bond donors (Lipinski definition) is 1. The Labute approximate surface area is 114 Å². The molecular weight excluding hydrogens is 242 g/mol. The SMILES string of the molecule is CCOc1ccc(NC2CSCC(C)(C)C2)cc1. The highest BCUT2D eigenvalue weighted by Gasteiger charge is 2.28. The van der Waals surface area contributed by atoms with E-state index >= 15 is 0 Å². The summed E-state index contributed by atoms with van der Waals surface area (Å²) in [5, 5.41) is 3.63. The van der Waals surface area contributed by atoms with Crippen LogP contribution in [0.2, 0.25) is 0 Å². The van der Waals surface area contributed by atoms with Crippen molar-refractivity contribution in [1.29, 1.82) is 0 Å². The molecule has 2 nitrogen and oxygen atoms in total. The van der Waals surface area contributed by atoms with Gasteiger partial charge in [-0.1, -0.05) is 13.8 Å². The van der Waals surface area contributed by atoms with Gasteiger partial charge in [-0.2, -0.15) is 11.8 Å². The van der Waals surface area contributed by atoms with Crippen molar-refractivity contribution in [2.75, 3.05) is 23.4 Å². The third-order valence-corrected chi connectivity index (χ3v) is 4.77. The molecule has 1 N–H and O–H groups in total. The minimum Gasteiger partial charge on any atom is -0.494 e. The van der Waals surface area contributed by atoms with Crippen molar-refractivity contribution < 1.29 is 4.74 Å². The minimum atomic E-state index is 0.450. The van der Waals surface area contributed by atoms with E-state index in [-0.39, 0.29) is 0 Å². The minimum absolute atomic E-state index is 0.450. The number of hydrogen-bond acceptors (Lipinski definition) is 3. The lowest BCUT2D eigenvalue weighted by molar-refractivity contribution is 0.340. The Morgan fingerprint density at radius 1 is 1.33 bits per heavy atom. The highest BCUT2D eigenvalue weighted by atomic mass is 32.2. The number of nitrogens with one attached hydrogen (secondary N) is 1. The van der Waals surface area contributed by atoms with Gasteiger partial charge in [0.05, 0.1) is 6.61 Å². The Kier molecular flexibility index (Phi) is 4.44. The van der Waals surface area contributed by atoms with Crippen LogP contribution < -0.4 is 10.1 Å². The monoisotopic (exact) mass is 265 g/mol. The van der Waals surface area contributed by atoms with Gasteiger partial charge in [0, 0.05) is 17.5 Å². The molecule has 1 aliphatic rings. The molecule has 1 atom stereocenters. The zero-order valence-electron chi connectivity index (χ0n) is 11.5. The van der Waals surface area contributed by atoms with Crippen LogP contribution in [0.5, 0.6) is 5.75 Å². The molecule has 1 unspecified atom stereocenters. The van der Waals surface area contributed by atoms with Crippen LogP contribution in [0.25, 0.3) is 0 Å². The van der Waals surface area contributed by atoms with Gasteiger partial charge in [0.15, 0.2) is 0 Å². The van der Waals surface area contributed by atoms with Crippen molar-refractivity contribution in [3.8, 4) is 5.75 Å². The molecule has 0 spiro atoms. The third-order valence-electron chi connectivity index (χ3n) is 3.15. The Morgan fingerprint density at radius 3 is 2.67 bits per heavy atom. The molecule has 100 valence electrons. The topological polar surface area (TPSA) is 21.3 Å². The van der Waals surface area contributed by atoms with Gasteiger partial charge in [-0.25, -0.2) is 0 Å². The maximum atomic E-state index is 5.45. The lowest BCUT2D eigenvalue weighted by atomic mass is 9.88. The summed E-state index contributed by atoms with van der Waals surface area (Å²) in [4.78, 5) is 0. The van der Waals surface area contributed by atoms with E-state index in [1.807, 2.05) is 19.1 Å². The van der Waals surface area contributed by atoms with E-state index in [1.165, 1.54) is 23.6 Å². The molecule has 18 heavy (non-hydrogen) atoms. The number of anilines is 1. The standard InChI is InChI=1S/C15H23NOS/c1-4-17-14-7-5-12(6-8-14)16-13-9-15(2,3)11-18-10-13/h5-8,13,16H,4,9-11H2,1-3H3. The average Bonchev–Trinajstić information content (AvgIpc) is 2.31. The van der Waals surface area contributed by atoms with E-state index < -0.39 is 0 Å². The van der Waals surface area contributed by atoms with Crippen molar-refractivity contribution in [1.82, 2.24) is 0 Å². The van der Waals surface area contributed by atoms with Gasteiger partial charge in [0.25, 0.3) is 0 Å². The number of thioether (sulfide) groups is 1. The van der Waals surface area contributed by atoms with Gasteiger partial charge in [-0.3, -0.25) is 0 Å². The van der Waals surface area contributed by atoms with E-state index in [2.05, 4.69) is 43.1 Å². The number of ether oxygens (including phenoxy) is 1. The van der Waals surface area contributed by atoms with Gasteiger partial charge < -0.3 is 10.1 Å². The van der Waals surface area contributed by atoms with Crippen LogP contribution in [0, 0.1) is 5.41 Å². The highest BCUT2D eigenvalue weighted by Crippen LogP contribution is 2.34. The second kappa shape index (κ2) is 5.87. The molecule has 0 saturated carbocycles. The molecule has 0 bridgehead atoms. The molecule has 1 aromatic carbocycles. The molecule has 1 aliphatic heterocycles. The zero-order chi connectivity index (χ0) is 13.0. The van der Waals surface area contributed by atoms with Crippen LogP contribution in [0.3, 0.4) is 0 Å². The Balaban J connectivity index is 1.92. The first-order valence-corrected chi connectivity index (χ1v) is 7.82. The molecule has 2 rings (SSSR count). The fourth-order valence-corrected chi connectivity index (χ4v) is 3.68. The van der Waals surface area contributed by atoms with Crippen LogP contribution in [-0.4, -0.2) is 24.2 Å². The van der Waals surface area contributed by atoms with Gasteiger partial charge >= 0.3 is 0 Å². The summed E-state index contributed by atoms with van der Waals surface area (Å²) in [7, 11) is 0. The number of rotatable bonds is 4. The highest BCUT2D eigenvalue weighted by molar-refractivity contribution is 7.99. The summed E-state index contributed by atoms with van der Waals surface area (Å²) < 4.78 is 5.45. The summed E-state index contributed by atoms with van der Waals surface area (Å²) in [5.74, 6) is 3.42. The van der Waals surface area contributed by atoms with Crippen molar-refractivity contribution >= 4 is 17.4 Å². The molecule has 0 aliphatic carbocycles. The van der Waals surface area contributed by atoms with E-state index in [0.29, 0.717) is 11.5 Å². The molecule has 0 radical (unpaired) electrons. The summed E-state index contributed by atoms with van der Waals surface area (Å²) >= 11 is 2.05. The van der Waals surface area contributed by atoms with Crippen LogP contribution >= 0.6 is 11.8 Å². The zero-order valence-corrected chi connectivity index (χ0v) is 12.3. The van der Waals surface area contributed by atoms with Crippen molar-refractivity contribution in [2.24, 2.45) is 5.41 Å².